The molecule has 1 atom stereocenters. The van der Waals surface area contributed by atoms with Gasteiger partial charge in [-0.25, -0.2) is 0 Å². The van der Waals surface area contributed by atoms with E-state index >= 15 is 0 Å². The van der Waals surface area contributed by atoms with Gasteiger partial charge in [0.2, 0.25) is 5.91 Å². The number of carbonyl (C=O) groups excluding carboxylic acids is 3. The largest absolute Gasteiger partial charge is 0.466 e. The molecule has 2 rings (SSSR count). The van der Waals surface area contributed by atoms with Gasteiger partial charge in [0.25, 0.3) is 0 Å². The van der Waals surface area contributed by atoms with E-state index in [4.69, 9.17) is 4.74 Å². The van der Waals surface area contributed by atoms with Crippen molar-refractivity contribution >= 4 is 17.7 Å². The van der Waals surface area contributed by atoms with Crippen molar-refractivity contribution in [2.75, 3.05) is 13.2 Å². The fourth-order valence-corrected chi connectivity index (χ4v) is 3.72. The summed E-state index contributed by atoms with van der Waals surface area (Å²) in [6, 6.07) is -0.0801. The second kappa shape index (κ2) is 8.96. The maximum Gasteiger partial charge on any atom is 0.307 e. The fourth-order valence-electron chi connectivity index (χ4n) is 3.72. The molecule has 1 fully saturated rings. The van der Waals surface area contributed by atoms with E-state index in [-0.39, 0.29) is 30.1 Å². The number of amides is 1. The minimum atomic E-state index is -0.248. The van der Waals surface area contributed by atoms with Crippen LogP contribution in [0.15, 0.2) is 0 Å². The highest BCUT2D eigenvalue weighted by Crippen LogP contribution is 2.22. The molecule has 1 saturated heterocycles. The number of aromatic nitrogens is 2. The molecule has 0 aliphatic carbocycles. The van der Waals surface area contributed by atoms with Crippen LogP contribution < -0.4 is 0 Å². The quantitative estimate of drug-likeness (QED) is 0.549. The lowest BCUT2D eigenvalue weighted by Gasteiger charge is -2.35. The zero-order valence-corrected chi connectivity index (χ0v) is 16.2. The molecular weight excluding hydrogens is 334 g/mol. The van der Waals surface area contributed by atoms with E-state index in [9.17, 15) is 14.4 Å². The predicted molar refractivity (Wildman–Crippen MR) is 96.9 cm³/mol. The number of piperidine rings is 1. The van der Waals surface area contributed by atoms with E-state index in [0.717, 1.165) is 25.0 Å². The van der Waals surface area contributed by atoms with Crippen molar-refractivity contribution in [1.82, 2.24) is 14.7 Å². The molecule has 0 saturated carbocycles. The molecule has 26 heavy (non-hydrogen) atoms. The van der Waals surface area contributed by atoms with Crippen molar-refractivity contribution < 1.29 is 19.1 Å². The highest BCUT2D eigenvalue weighted by molar-refractivity contribution is 5.96. The van der Waals surface area contributed by atoms with Crippen LogP contribution in [0.3, 0.4) is 0 Å². The molecule has 7 nitrogen and oxygen atoms in total. The predicted octanol–water partition coefficient (Wildman–Crippen LogP) is 2.43. The first-order chi connectivity index (χ1) is 12.3. The van der Waals surface area contributed by atoms with Crippen LogP contribution in [0, 0.1) is 13.8 Å². The monoisotopic (exact) mass is 363 g/mol. The summed E-state index contributed by atoms with van der Waals surface area (Å²) in [6.45, 7) is 8.44. The third kappa shape index (κ3) is 4.71. The first-order valence-electron chi connectivity index (χ1n) is 9.35. The van der Waals surface area contributed by atoms with Gasteiger partial charge in [-0.2, -0.15) is 5.10 Å². The second-order valence-electron chi connectivity index (χ2n) is 6.82. The van der Waals surface area contributed by atoms with Crippen molar-refractivity contribution in [3.8, 4) is 0 Å². The van der Waals surface area contributed by atoms with Gasteiger partial charge < -0.3 is 9.64 Å². The van der Waals surface area contributed by atoms with Crippen molar-refractivity contribution in [2.45, 2.75) is 72.4 Å². The minimum absolute atomic E-state index is 0.0110. The Morgan fingerprint density at radius 1 is 1.23 bits per heavy atom. The van der Waals surface area contributed by atoms with Gasteiger partial charge in [-0.15, -0.1) is 0 Å². The highest BCUT2D eigenvalue weighted by Gasteiger charge is 2.29. The van der Waals surface area contributed by atoms with Gasteiger partial charge in [0.15, 0.2) is 5.78 Å². The first-order valence-corrected chi connectivity index (χ1v) is 9.35. The van der Waals surface area contributed by atoms with Crippen LogP contribution in [0.4, 0.5) is 0 Å². The Morgan fingerprint density at radius 2 is 1.96 bits per heavy atom. The third-order valence-corrected chi connectivity index (χ3v) is 4.93. The van der Waals surface area contributed by atoms with Gasteiger partial charge >= 0.3 is 5.97 Å². The van der Waals surface area contributed by atoms with E-state index in [1.54, 1.807) is 11.6 Å². The molecule has 0 aromatic carbocycles. The summed E-state index contributed by atoms with van der Waals surface area (Å²) in [5.74, 6) is -0.235. The van der Waals surface area contributed by atoms with Gasteiger partial charge in [0.05, 0.1) is 24.3 Å². The number of carbonyl (C=O) groups is 3. The Balaban J connectivity index is 2.00. The average Bonchev–Trinajstić information content (AvgIpc) is 2.87. The van der Waals surface area contributed by atoms with Crippen LogP contribution in [0.2, 0.25) is 0 Å². The molecule has 2 heterocycles. The molecule has 1 aromatic heterocycles. The Hall–Kier alpha value is -2.18. The number of esters is 1. The Morgan fingerprint density at radius 3 is 2.58 bits per heavy atom. The Bertz CT molecular complexity index is 681. The number of rotatable bonds is 7. The number of nitrogens with zero attached hydrogens (tertiary/aromatic N) is 3. The molecular formula is C19H29N3O4. The number of likely N-dealkylation sites (tertiary alicyclic amines) is 1. The van der Waals surface area contributed by atoms with E-state index in [2.05, 4.69) is 5.10 Å². The van der Waals surface area contributed by atoms with Gasteiger partial charge in [-0.1, -0.05) is 0 Å². The summed E-state index contributed by atoms with van der Waals surface area (Å²) in [5.41, 5.74) is 2.13. The molecule has 0 N–H and O–H groups in total. The standard InChI is InChI=1S/C19H29N3O4/c1-5-26-18(25)12-16-8-6-7-10-21(16)17(24)9-11-22-14(3)19(15(4)23)13(2)20-22/h16H,5-12H2,1-4H3/t16-/m1/s1. The Kier molecular flexibility index (Phi) is 6.94. The van der Waals surface area contributed by atoms with Gasteiger partial charge in [0.1, 0.15) is 0 Å². The molecule has 1 aromatic rings. The molecule has 1 amide bonds. The maximum absolute atomic E-state index is 12.7. The zero-order valence-electron chi connectivity index (χ0n) is 16.2. The normalized spacial score (nSPS) is 17.2. The molecule has 0 bridgehead atoms. The number of Topliss-reactive ketones (excluding diaryl/α,β-unsaturated/α-hetero) is 1. The van der Waals surface area contributed by atoms with Gasteiger partial charge in [0, 0.05) is 31.2 Å². The smallest absolute Gasteiger partial charge is 0.307 e. The van der Waals surface area contributed by atoms with E-state index in [1.807, 2.05) is 18.7 Å². The van der Waals surface area contributed by atoms with Crippen molar-refractivity contribution in [3.05, 3.63) is 17.0 Å². The van der Waals surface area contributed by atoms with Crippen LogP contribution in [-0.2, 0) is 20.9 Å². The lowest BCUT2D eigenvalue weighted by molar-refractivity contribution is -0.146. The van der Waals surface area contributed by atoms with Gasteiger partial charge in [-0.3, -0.25) is 19.1 Å². The van der Waals surface area contributed by atoms with E-state index < -0.39 is 0 Å². The number of hydrogen-bond donors (Lipinski definition) is 0. The average molecular weight is 363 g/mol. The molecule has 0 unspecified atom stereocenters. The zero-order chi connectivity index (χ0) is 19.3. The molecule has 0 spiro atoms. The van der Waals surface area contributed by atoms with E-state index in [0.29, 0.717) is 37.4 Å². The number of hydrogen-bond acceptors (Lipinski definition) is 5. The van der Waals surface area contributed by atoms with Crippen LogP contribution in [0.25, 0.3) is 0 Å². The highest BCUT2D eigenvalue weighted by atomic mass is 16.5. The summed E-state index contributed by atoms with van der Waals surface area (Å²) in [7, 11) is 0. The summed E-state index contributed by atoms with van der Waals surface area (Å²) >= 11 is 0. The molecule has 1 aliphatic rings. The van der Waals surface area contributed by atoms with Crippen LogP contribution in [0.5, 0.6) is 0 Å². The van der Waals surface area contributed by atoms with E-state index in [1.165, 1.54) is 6.92 Å². The summed E-state index contributed by atoms with van der Waals surface area (Å²) in [4.78, 5) is 38.1. The molecule has 1 aliphatic heterocycles. The van der Waals surface area contributed by atoms with Crippen LogP contribution >= 0.6 is 0 Å². The van der Waals surface area contributed by atoms with Crippen molar-refractivity contribution in [2.24, 2.45) is 0 Å². The maximum atomic E-state index is 12.7. The summed E-state index contributed by atoms with van der Waals surface area (Å²) in [6.07, 6.45) is 3.37. The van der Waals surface area contributed by atoms with Crippen LogP contribution in [0.1, 0.15) is 67.7 Å². The third-order valence-electron chi connectivity index (χ3n) is 4.93. The van der Waals surface area contributed by atoms with Crippen molar-refractivity contribution in [1.29, 1.82) is 0 Å². The summed E-state index contributed by atoms with van der Waals surface area (Å²) < 4.78 is 6.76. The Labute approximate surface area is 154 Å². The summed E-state index contributed by atoms with van der Waals surface area (Å²) in [5, 5.41) is 4.39. The topological polar surface area (TPSA) is 81.5 Å². The second-order valence-corrected chi connectivity index (χ2v) is 6.82. The van der Waals surface area contributed by atoms with Gasteiger partial charge in [-0.05, 0) is 47.0 Å². The molecule has 7 heteroatoms. The molecule has 144 valence electrons. The van der Waals surface area contributed by atoms with Crippen LogP contribution in [-0.4, -0.2) is 51.5 Å². The van der Waals surface area contributed by atoms with Crippen molar-refractivity contribution in [3.63, 3.8) is 0 Å². The molecule has 0 radical (unpaired) electrons. The lowest BCUT2D eigenvalue weighted by Crippen LogP contribution is -2.45. The lowest BCUT2D eigenvalue weighted by atomic mass is 9.99. The SMILES string of the molecule is CCOC(=O)C[C@H]1CCCCN1C(=O)CCn1nc(C)c(C(C)=O)c1C. The number of ether oxygens (including phenoxy) is 1. The minimum Gasteiger partial charge on any atom is -0.466 e. The fraction of sp³-hybridized carbons (Fsp3) is 0.684. The number of ketones is 1. The first kappa shape index (κ1) is 20.1. The number of aryl methyl sites for hydroxylation is 2.